The third-order valence-electron chi connectivity index (χ3n) is 9.90. The zero-order valence-corrected chi connectivity index (χ0v) is 30.8. The number of hydrogen-bond donors (Lipinski definition) is 6. The maximum atomic E-state index is 11.5. The molecule has 0 spiro atoms. The smallest absolute Gasteiger partial charge is 0.331 e. The Bertz CT molecular complexity index is 1140. The molecule has 6 N–H and O–H groups in total. The van der Waals surface area contributed by atoms with E-state index in [-0.39, 0.29) is 53.7 Å². The van der Waals surface area contributed by atoms with Crippen molar-refractivity contribution in [3.8, 4) is 0 Å². The Labute approximate surface area is 302 Å². The van der Waals surface area contributed by atoms with Crippen molar-refractivity contribution in [1.29, 1.82) is 0 Å². The molecule has 0 fully saturated rings. The second-order valence-electron chi connectivity index (χ2n) is 13.8. The number of carbonyl (C=O) groups is 6. The first kappa shape index (κ1) is 47.0. The van der Waals surface area contributed by atoms with Crippen molar-refractivity contribution in [3.05, 3.63) is 34.9 Å². The predicted molar refractivity (Wildman–Crippen MR) is 193 cm³/mol. The topological polar surface area (TPSA) is 224 Å². The molecule has 0 aromatic rings. The number of carboxylic acids is 6. The Kier molecular flexibility index (Phi) is 25.6. The van der Waals surface area contributed by atoms with Crippen molar-refractivity contribution in [2.45, 2.75) is 149 Å². The minimum Gasteiger partial charge on any atom is -0.478 e. The average molecular weight is 723 g/mol. The van der Waals surface area contributed by atoms with Crippen molar-refractivity contribution in [3.63, 3.8) is 0 Å². The molecule has 0 saturated carbocycles. The van der Waals surface area contributed by atoms with Crippen LogP contribution in [0.2, 0.25) is 0 Å². The third kappa shape index (κ3) is 24.0. The second kappa shape index (κ2) is 27.7. The molecule has 0 aliphatic rings. The van der Waals surface area contributed by atoms with Crippen LogP contribution in [0.25, 0.3) is 0 Å². The van der Waals surface area contributed by atoms with Crippen molar-refractivity contribution < 1.29 is 59.4 Å². The molecule has 12 heteroatoms. The molecule has 0 rings (SSSR count). The number of carboxylic acid groups (broad SMARTS) is 6. The fraction of sp³-hybridized carbons (Fsp3) is 0.692. The van der Waals surface area contributed by atoms with Crippen LogP contribution < -0.4 is 0 Å². The Hall–Kier alpha value is -3.96. The Balaban J connectivity index is 5.17. The molecule has 3 atom stereocenters. The minimum atomic E-state index is -1.26. The number of hydrogen-bond acceptors (Lipinski definition) is 6. The van der Waals surface area contributed by atoms with Crippen LogP contribution in [-0.2, 0) is 28.8 Å². The van der Waals surface area contributed by atoms with E-state index in [4.69, 9.17) is 15.3 Å². The lowest BCUT2D eigenvalue weighted by Gasteiger charge is -2.20. The maximum Gasteiger partial charge on any atom is 0.331 e. The van der Waals surface area contributed by atoms with E-state index in [1.165, 1.54) is 0 Å². The molecule has 0 saturated heterocycles. The predicted octanol–water partition coefficient (Wildman–Crippen LogP) is 8.60. The molecule has 0 aromatic carbocycles. The molecular weight excluding hydrogens is 660 g/mol. The SMILES string of the molecule is CCC(CCCCCC(CCCCCC(CC)C/C(=C\C(=O)O)C(=O)O)CCCCC(CC)C/C(=C\C(=O)O)C(=O)O)C/C(=C\C(=O)O)C(=O)O. The van der Waals surface area contributed by atoms with Gasteiger partial charge in [-0.1, -0.05) is 130 Å². The van der Waals surface area contributed by atoms with E-state index in [9.17, 15) is 44.1 Å². The van der Waals surface area contributed by atoms with E-state index in [0.29, 0.717) is 5.92 Å². The lowest BCUT2D eigenvalue weighted by atomic mass is 9.86. The summed E-state index contributed by atoms with van der Waals surface area (Å²) in [5, 5.41) is 55.1. The molecule has 0 aliphatic heterocycles. The summed E-state index contributed by atoms with van der Waals surface area (Å²) in [5.41, 5.74) is -0.251. The molecule has 0 amide bonds. The van der Waals surface area contributed by atoms with E-state index in [0.717, 1.165) is 127 Å². The maximum absolute atomic E-state index is 11.5. The van der Waals surface area contributed by atoms with E-state index in [1.807, 2.05) is 20.8 Å². The summed E-state index contributed by atoms with van der Waals surface area (Å²) < 4.78 is 0. The van der Waals surface area contributed by atoms with Gasteiger partial charge in [-0.05, 0) is 42.9 Å². The summed E-state index contributed by atoms with van der Waals surface area (Å²) >= 11 is 0. The summed E-state index contributed by atoms with van der Waals surface area (Å²) in [5.74, 6) is -6.62. The van der Waals surface area contributed by atoms with Crippen LogP contribution in [0.1, 0.15) is 149 Å². The highest BCUT2D eigenvalue weighted by molar-refractivity contribution is 5.95. The van der Waals surface area contributed by atoms with Gasteiger partial charge >= 0.3 is 35.8 Å². The van der Waals surface area contributed by atoms with E-state index in [1.54, 1.807) is 0 Å². The van der Waals surface area contributed by atoms with Crippen LogP contribution in [-0.4, -0.2) is 66.5 Å². The van der Waals surface area contributed by atoms with Crippen molar-refractivity contribution in [2.75, 3.05) is 0 Å². The molecule has 12 nitrogen and oxygen atoms in total. The summed E-state index contributed by atoms with van der Waals surface area (Å²) in [6.07, 6.45) is 18.6. The summed E-state index contributed by atoms with van der Waals surface area (Å²) in [4.78, 5) is 67.5. The fourth-order valence-corrected chi connectivity index (χ4v) is 6.74. The normalized spacial score (nSPS) is 14.8. The van der Waals surface area contributed by atoms with Crippen LogP contribution in [0.3, 0.4) is 0 Å². The molecule has 0 aliphatic carbocycles. The number of unbranched alkanes of at least 4 members (excludes halogenated alkanes) is 5. The lowest BCUT2D eigenvalue weighted by molar-refractivity contribution is -0.135. The van der Waals surface area contributed by atoms with Crippen LogP contribution in [0.5, 0.6) is 0 Å². The Morgan fingerprint density at radius 3 is 0.784 bits per heavy atom. The van der Waals surface area contributed by atoms with Crippen molar-refractivity contribution in [1.82, 2.24) is 0 Å². The highest BCUT2D eigenvalue weighted by Crippen LogP contribution is 2.29. The van der Waals surface area contributed by atoms with Gasteiger partial charge in [0.1, 0.15) is 0 Å². The van der Waals surface area contributed by atoms with Gasteiger partial charge in [0.2, 0.25) is 0 Å². The molecule has 0 bridgehead atoms. The highest BCUT2D eigenvalue weighted by Gasteiger charge is 2.19. The number of rotatable bonds is 32. The first-order valence-corrected chi connectivity index (χ1v) is 18.6. The third-order valence-corrected chi connectivity index (χ3v) is 9.90. The molecule has 3 unspecified atom stereocenters. The van der Waals surface area contributed by atoms with Gasteiger partial charge in [0.25, 0.3) is 0 Å². The lowest BCUT2D eigenvalue weighted by Crippen LogP contribution is -2.10. The summed E-state index contributed by atoms with van der Waals surface area (Å²) in [6.45, 7) is 5.95. The molecular formula is C39H62O12. The minimum absolute atomic E-state index is 0.0823. The van der Waals surface area contributed by atoms with E-state index in [2.05, 4.69) is 0 Å². The standard InChI is InChI=1S/C39H62O12/c1-4-27(21-31(37(46)47)24-34(40)41)15-9-7-11-18-30(20-14-13-17-29(6-3)23-33(39(50)51)26-36(44)45)19-12-8-10-16-28(5-2)22-32(38(48)49)25-35(42)43/h24-30H,4-23H2,1-3H3,(H,40,41)(H,42,43)(H,44,45)(H,46,47)(H,48,49)(H,50,51)/b31-24+,32-25+,33-26+. The average Bonchev–Trinajstić information content (AvgIpc) is 3.05. The molecule has 0 aromatic heterocycles. The second-order valence-corrected chi connectivity index (χ2v) is 13.8. The van der Waals surface area contributed by atoms with Crippen molar-refractivity contribution >= 4 is 35.8 Å². The summed E-state index contributed by atoms with van der Waals surface area (Å²) in [7, 11) is 0. The molecule has 0 radical (unpaired) electrons. The van der Waals surface area contributed by atoms with Gasteiger partial charge in [-0.3, -0.25) is 0 Å². The van der Waals surface area contributed by atoms with Gasteiger partial charge in [-0.2, -0.15) is 0 Å². The van der Waals surface area contributed by atoms with Gasteiger partial charge in [-0.15, -0.1) is 0 Å². The van der Waals surface area contributed by atoms with Gasteiger partial charge in [0, 0.05) is 34.9 Å². The van der Waals surface area contributed by atoms with Crippen LogP contribution in [0.15, 0.2) is 34.9 Å². The van der Waals surface area contributed by atoms with Gasteiger partial charge < -0.3 is 30.6 Å². The van der Waals surface area contributed by atoms with Crippen LogP contribution >= 0.6 is 0 Å². The zero-order chi connectivity index (χ0) is 38.8. The first-order chi connectivity index (χ1) is 24.1. The monoisotopic (exact) mass is 722 g/mol. The first-order valence-electron chi connectivity index (χ1n) is 18.6. The Morgan fingerprint density at radius 2 is 0.588 bits per heavy atom. The molecule has 290 valence electrons. The zero-order valence-electron chi connectivity index (χ0n) is 30.8. The molecule has 51 heavy (non-hydrogen) atoms. The Morgan fingerprint density at radius 1 is 0.373 bits per heavy atom. The van der Waals surface area contributed by atoms with Crippen molar-refractivity contribution in [2.24, 2.45) is 23.7 Å². The van der Waals surface area contributed by atoms with Gasteiger partial charge in [0.05, 0.1) is 0 Å². The largest absolute Gasteiger partial charge is 0.478 e. The summed E-state index contributed by atoms with van der Waals surface area (Å²) in [6, 6.07) is 0. The van der Waals surface area contributed by atoms with E-state index < -0.39 is 35.8 Å². The fourth-order valence-electron chi connectivity index (χ4n) is 6.74. The van der Waals surface area contributed by atoms with Gasteiger partial charge in [-0.25, -0.2) is 28.8 Å². The van der Waals surface area contributed by atoms with Crippen LogP contribution in [0.4, 0.5) is 0 Å². The quantitative estimate of drug-likeness (QED) is 0.0284. The highest BCUT2D eigenvalue weighted by atomic mass is 16.4. The van der Waals surface area contributed by atoms with Crippen LogP contribution in [0, 0.1) is 23.7 Å². The van der Waals surface area contributed by atoms with Gasteiger partial charge in [0.15, 0.2) is 0 Å². The van der Waals surface area contributed by atoms with E-state index >= 15 is 0 Å². The number of aliphatic carboxylic acids is 6. The molecule has 0 heterocycles.